The average molecular weight is 253 g/mol. The van der Waals surface area contributed by atoms with E-state index in [1.807, 2.05) is 6.92 Å². The van der Waals surface area contributed by atoms with E-state index >= 15 is 0 Å². The quantitative estimate of drug-likeness (QED) is 0.647. The largest absolute Gasteiger partial charge is 0.271 e. The lowest BCUT2D eigenvalue weighted by Crippen LogP contribution is -2.20. The lowest BCUT2D eigenvalue weighted by Gasteiger charge is -2.07. The fraction of sp³-hybridized carbons (Fsp3) is 0.385. The molecule has 0 saturated carbocycles. The standard InChI is InChI=1S/C13H17ClN2O/c1-4-9(2)10(3)15-16-13(17)11-5-7-12(14)8-6-11/h5-9H,4H2,1-3H3,(H,16,17)/b15-10-/t9-/m1/s1. The summed E-state index contributed by atoms with van der Waals surface area (Å²) in [5.74, 6) is 0.157. The minimum atomic E-state index is -0.218. The number of carbonyl (C=O) groups is 1. The summed E-state index contributed by atoms with van der Waals surface area (Å²) in [6, 6.07) is 6.71. The SMILES string of the molecule is CC[C@@H](C)/C(C)=N\NC(=O)c1ccc(Cl)cc1. The molecule has 3 nitrogen and oxygen atoms in total. The number of rotatable bonds is 4. The van der Waals surface area contributed by atoms with Crippen LogP contribution >= 0.6 is 11.6 Å². The van der Waals surface area contributed by atoms with Crippen molar-refractivity contribution in [3.05, 3.63) is 34.9 Å². The highest BCUT2D eigenvalue weighted by molar-refractivity contribution is 6.30. The number of hydrogen-bond acceptors (Lipinski definition) is 2. The van der Waals surface area contributed by atoms with Crippen molar-refractivity contribution in [3.63, 3.8) is 0 Å². The second kappa shape index (κ2) is 6.40. The Labute approximate surface area is 107 Å². The molecule has 0 aliphatic carbocycles. The molecule has 17 heavy (non-hydrogen) atoms. The number of benzene rings is 1. The first kappa shape index (κ1) is 13.7. The Kier molecular flexibility index (Phi) is 5.16. The second-order valence-electron chi connectivity index (χ2n) is 4.01. The smallest absolute Gasteiger partial charge is 0.267 e. The van der Waals surface area contributed by atoms with Gasteiger partial charge in [0, 0.05) is 16.3 Å². The van der Waals surface area contributed by atoms with Crippen molar-refractivity contribution in [2.24, 2.45) is 11.0 Å². The molecule has 0 radical (unpaired) electrons. The maximum absolute atomic E-state index is 11.7. The second-order valence-corrected chi connectivity index (χ2v) is 4.45. The van der Waals surface area contributed by atoms with Crippen molar-refractivity contribution in [1.29, 1.82) is 0 Å². The van der Waals surface area contributed by atoms with Gasteiger partial charge in [0.15, 0.2) is 0 Å². The van der Waals surface area contributed by atoms with Gasteiger partial charge in [0.1, 0.15) is 0 Å². The maximum Gasteiger partial charge on any atom is 0.271 e. The van der Waals surface area contributed by atoms with E-state index in [-0.39, 0.29) is 5.91 Å². The van der Waals surface area contributed by atoms with Gasteiger partial charge in [0.25, 0.3) is 5.91 Å². The molecule has 0 aromatic heterocycles. The van der Waals surface area contributed by atoms with Crippen LogP contribution in [0.2, 0.25) is 5.02 Å². The van der Waals surface area contributed by atoms with Gasteiger partial charge in [0.05, 0.1) is 0 Å². The summed E-state index contributed by atoms with van der Waals surface area (Å²) in [6.45, 7) is 6.08. The molecule has 1 aromatic carbocycles. The first-order valence-corrected chi connectivity index (χ1v) is 6.02. The Morgan fingerprint density at radius 2 is 2.00 bits per heavy atom. The van der Waals surface area contributed by atoms with E-state index in [4.69, 9.17) is 11.6 Å². The molecule has 0 saturated heterocycles. The molecule has 92 valence electrons. The van der Waals surface area contributed by atoms with Gasteiger partial charge in [-0.3, -0.25) is 4.79 Å². The van der Waals surface area contributed by atoms with Gasteiger partial charge in [-0.1, -0.05) is 25.4 Å². The van der Waals surface area contributed by atoms with Crippen molar-refractivity contribution in [3.8, 4) is 0 Å². The molecular weight excluding hydrogens is 236 g/mol. The van der Waals surface area contributed by atoms with Crippen LogP contribution in [0.5, 0.6) is 0 Å². The molecule has 1 amide bonds. The highest BCUT2D eigenvalue weighted by Gasteiger charge is 2.06. The summed E-state index contributed by atoms with van der Waals surface area (Å²) in [5, 5.41) is 4.69. The highest BCUT2D eigenvalue weighted by Crippen LogP contribution is 2.09. The van der Waals surface area contributed by atoms with Gasteiger partial charge in [-0.05, 0) is 43.5 Å². The van der Waals surface area contributed by atoms with Crippen molar-refractivity contribution in [1.82, 2.24) is 5.43 Å². The molecule has 0 bridgehead atoms. The summed E-state index contributed by atoms with van der Waals surface area (Å²) in [7, 11) is 0. The van der Waals surface area contributed by atoms with Crippen LogP contribution in [0.25, 0.3) is 0 Å². The van der Waals surface area contributed by atoms with Crippen molar-refractivity contribution in [2.75, 3.05) is 0 Å². The average Bonchev–Trinajstić information content (AvgIpc) is 2.35. The first-order valence-electron chi connectivity index (χ1n) is 5.64. The number of nitrogens with zero attached hydrogens (tertiary/aromatic N) is 1. The number of amides is 1. The minimum Gasteiger partial charge on any atom is -0.267 e. The molecule has 1 rings (SSSR count). The molecule has 1 N–H and O–H groups in total. The van der Waals surface area contributed by atoms with E-state index in [1.165, 1.54) is 0 Å². The zero-order valence-electron chi connectivity index (χ0n) is 10.3. The minimum absolute atomic E-state index is 0.218. The van der Waals surface area contributed by atoms with Gasteiger partial charge in [-0.15, -0.1) is 0 Å². The van der Waals surface area contributed by atoms with Crippen LogP contribution in [-0.4, -0.2) is 11.6 Å². The molecule has 0 aliphatic heterocycles. The Balaban J connectivity index is 2.64. The Morgan fingerprint density at radius 3 is 2.53 bits per heavy atom. The van der Waals surface area contributed by atoms with Crippen molar-refractivity contribution >= 4 is 23.2 Å². The zero-order valence-corrected chi connectivity index (χ0v) is 11.1. The van der Waals surface area contributed by atoms with Gasteiger partial charge in [-0.2, -0.15) is 5.10 Å². The predicted molar refractivity (Wildman–Crippen MR) is 71.5 cm³/mol. The molecule has 0 heterocycles. The number of hydrogen-bond donors (Lipinski definition) is 1. The van der Waals surface area contributed by atoms with Gasteiger partial charge in [-0.25, -0.2) is 5.43 Å². The third-order valence-electron chi connectivity index (χ3n) is 2.77. The van der Waals surface area contributed by atoms with Gasteiger partial charge < -0.3 is 0 Å². The van der Waals surface area contributed by atoms with Gasteiger partial charge >= 0.3 is 0 Å². The van der Waals surface area contributed by atoms with E-state index in [0.29, 0.717) is 16.5 Å². The monoisotopic (exact) mass is 252 g/mol. The molecular formula is C13H17ClN2O. The van der Waals surface area contributed by atoms with Crippen LogP contribution < -0.4 is 5.43 Å². The lowest BCUT2D eigenvalue weighted by atomic mass is 10.1. The van der Waals surface area contributed by atoms with Crippen LogP contribution in [0.1, 0.15) is 37.6 Å². The van der Waals surface area contributed by atoms with Crippen molar-refractivity contribution < 1.29 is 4.79 Å². The third-order valence-corrected chi connectivity index (χ3v) is 3.02. The molecule has 1 atom stereocenters. The predicted octanol–water partition coefficient (Wildman–Crippen LogP) is 3.49. The van der Waals surface area contributed by atoms with E-state index in [0.717, 1.165) is 12.1 Å². The molecule has 1 aromatic rings. The topological polar surface area (TPSA) is 41.5 Å². The number of halogens is 1. The summed E-state index contributed by atoms with van der Waals surface area (Å²) in [5.41, 5.74) is 4.02. The molecule has 0 spiro atoms. The third kappa shape index (κ3) is 4.19. The molecule has 4 heteroatoms. The fourth-order valence-electron chi connectivity index (χ4n) is 1.21. The first-order chi connectivity index (χ1) is 8.04. The fourth-order valence-corrected chi connectivity index (χ4v) is 1.34. The Hall–Kier alpha value is -1.35. The van der Waals surface area contributed by atoms with E-state index < -0.39 is 0 Å². The lowest BCUT2D eigenvalue weighted by molar-refractivity contribution is 0.0954. The summed E-state index contributed by atoms with van der Waals surface area (Å²) in [4.78, 5) is 11.7. The van der Waals surface area contributed by atoms with Crippen LogP contribution in [-0.2, 0) is 0 Å². The summed E-state index contributed by atoms with van der Waals surface area (Å²) < 4.78 is 0. The summed E-state index contributed by atoms with van der Waals surface area (Å²) >= 11 is 5.74. The van der Waals surface area contributed by atoms with Gasteiger partial charge in [0.2, 0.25) is 0 Å². The summed E-state index contributed by atoms with van der Waals surface area (Å²) in [6.07, 6.45) is 1.01. The normalized spacial score (nSPS) is 13.3. The molecule has 0 aliphatic rings. The van der Waals surface area contributed by atoms with E-state index in [2.05, 4.69) is 24.4 Å². The number of nitrogens with one attached hydrogen (secondary N) is 1. The molecule has 0 fully saturated rings. The zero-order chi connectivity index (χ0) is 12.8. The van der Waals surface area contributed by atoms with E-state index in [9.17, 15) is 4.79 Å². The maximum atomic E-state index is 11.7. The van der Waals surface area contributed by atoms with Crippen molar-refractivity contribution in [2.45, 2.75) is 27.2 Å². The number of carbonyl (C=O) groups excluding carboxylic acids is 1. The van der Waals surface area contributed by atoms with Crippen LogP contribution in [0.3, 0.4) is 0 Å². The van der Waals surface area contributed by atoms with Crippen LogP contribution in [0, 0.1) is 5.92 Å². The molecule has 0 unspecified atom stereocenters. The highest BCUT2D eigenvalue weighted by atomic mass is 35.5. The number of hydrazone groups is 1. The van der Waals surface area contributed by atoms with E-state index in [1.54, 1.807) is 24.3 Å². The van der Waals surface area contributed by atoms with Crippen LogP contribution in [0.15, 0.2) is 29.4 Å². The Morgan fingerprint density at radius 1 is 1.41 bits per heavy atom. The Bertz CT molecular complexity index is 412. The van der Waals surface area contributed by atoms with Crippen LogP contribution in [0.4, 0.5) is 0 Å².